The molecule has 0 saturated heterocycles. The van der Waals surface area contributed by atoms with E-state index >= 15 is 0 Å². The first-order valence-electron chi connectivity index (χ1n) is 4.87. The molecule has 0 amide bonds. The van der Waals surface area contributed by atoms with Crippen molar-refractivity contribution in [3.8, 4) is 0 Å². The van der Waals surface area contributed by atoms with Crippen molar-refractivity contribution >= 4 is 0 Å². The standard InChI is InChI=1S/C11H22O/c1-9(2,3)11(7-8-11)12-10(4,5)6/h7-8H2,1-6H3. The van der Waals surface area contributed by atoms with E-state index in [0.29, 0.717) is 5.41 Å². The van der Waals surface area contributed by atoms with E-state index in [2.05, 4.69) is 41.5 Å². The van der Waals surface area contributed by atoms with Crippen LogP contribution in [0, 0.1) is 5.41 Å². The molecule has 0 N–H and O–H groups in total. The average molecular weight is 170 g/mol. The zero-order valence-electron chi connectivity index (χ0n) is 9.32. The number of hydrogen-bond donors (Lipinski definition) is 0. The molecule has 1 fully saturated rings. The Bertz CT molecular complexity index is 164. The molecule has 0 aromatic carbocycles. The van der Waals surface area contributed by atoms with Crippen LogP contribution in [0.2, 0.25) is 0 Å². The molecule has 1 aliphatic rings. The Kier molecular flexibility index (Phi) is 2.07. The van der Waals surface area contributed by atoms with Crippen molar-refractivity contribution in [1.82, 2.24) is 0 Å². The fourth-order valence-electron chi connectivity index (χ4n) is 1.70. The van der Waals surface area contributed by atoms with Crippen LogP contribution >= 0.6 is 0 Å². The van der Waals surface area contributed by atoms with Gasteiger partial charge >= 0.3 is 0 Å². The summed E-state index contributed by atoms with van der Waals surface area (Å²) in [5.74, 6) is 0. The maximum atomic E-state index is 6.10. The molecule has 0 heterocycles. The molecule has 0 atom stereocenters. The van der Waals surface area contributed by atoms with Crippen LogP contribution in [0.3, 0.4) is 0 Å². The molecule has 72 valence electrons. The Hall–Kier alpha value is -0.0400. The minimum Gasteiger partial charge on any atom is -0.369 e. The van der Waals surface area contributed by atoms with Crippen molar-refractivity contribution in [2.75, 3.05) is 0 Å². The van der Waals surface area contributed by atoms with Crippen LogP contribution in [-0.4, -0.2) is 11.2 Å². The largest absolute Gasteiger partial charge is 0.369 e. The third-order valence-electron chi connectivity index (χ3n) is 2.57. The zero-order chi connectivity index (χ0) is 9.62. The van der Waals surface area contributed by atoms with Gasteiger partial charge in [-0.15, -0.1) is 0 Å². The van der Waals surface area contributed by atoms with E-state index < -0.39 is 0 Å². The van der Waals surface area contributed by atoms with Crippen LogP contribution in [0.25, 0.3) is 0 Å². The van der Waals surface area contributed by atoms with Crippen molar-refractivity contribution in [2.24, 2.45) is 5.41 Å². The van der Waals surface area contributed by atoms with E-state index in [4.69, 9.17) is 4.74 Å². The number of ether oxygens (including phenoxy) is 1. The molecular weight excluding hydrogens is 148 g/mol. The van der Waals surface area contributed by atoms with E-state index in [9.17, 15) is 0 Å². The summed E-state index contributed by atoms with van der Waals surface area (Å²) in [6.07, 6.45) is 2.46. The highest BCUT2D eigenvalue weighted by molar-refractivity contribution is 5.05. The lowest BCUT2D eigenvalue weighted by atomic mass is 9.86. The zero-order valence-corrected chi connectivity index (χ0v) is 9.32. The van der Waals surface area contributed by atoms with Crippen LogP contribution < -0.4 is 0 Å². The van der Waals surface area contributed by atoms with Gasteiger partial charge in [0.2, 0.25) is 0 Å². The van der Waals surface area contributed by atoms with Crippen LogP contribution in [0.4, 0.5) is 0 Å². The molecule has 0 aliphatic heterocycles. The smallest absolute Gasteiger partial charge is 0.0739 e. The third-order valence-corrected chi connectivity index (χ3v) is 2.57. The summed E-state index contributed by atoms with van der Waals surface area (Å²) in [6, 6.07) is 0. The van der Waals surface area contributed by atoms with Crippen LogP contribution in [0.1, 0.15) is 54.4 Å². The predicted octanol–water partition coefficient (Wildman–Crippen LogP) is 3.38. The lowest BCUT2D eigenvalue weighted by Crippen LogP contribution is -2.38. The van der Waals surface area contributed by atoms with E-state index in [-0.39, 0.29) is 11.2 Å². The molecule has 0 radical (unpaired) electrons. The topological polar surface area (TPSA) is 9.23 Å². The SMILES string of the molecule is CC(C)(C)OC1(C(C)(C)C)CC1. The fraction of sp³-hybridized carbons (Fsp3) is 1.00. The van der Waals surface area contributed by atoms with Gasteiger partial charge in [0.05, 0.1) is 11.2 Å². The van der Waals surface area contributed by atoms with E-state index in [1.54, 1.807) is 0 Å². The lowest BCUT2D eigenvalue weighted by molar-refractivity contribution is -0.123. The Balaban J connectivity index is 2.63. The molecule has 0 aromatic rings. The third kappa shape index (κ3) is 2.01. The number of hydrogen-bond acceptors (Lipinski definition) is 1. The van der Waals surface area contributed by atoms with Crippen LogP contribution in [0.5, 0.6) is 0 Å². The molecule has 0 unspecified atom stereocenters. The first-order chi connectivity index (χ1) is 5.16. The average Bonchev–Trinajstić information content (AvgIpc) is 2.39. The van der Waals surface area contributed by atoms with Crippen LogP contribution in [-0.2, 0) is 4.74 Å². The summed E-state index contributed by atoms with van der Waals surface area (Å²) in [7, 11) is 0. The van der Waals surface area contributed by atoms with Gasteiger partial charge in [0.25, 0.3) is 0 Å². The van der Waals surface area contributed by atoms with Crippen molar-refractivity contribution in [3.05, 3.63) is 0 Å². The van der Waals surface area contributed by atoms with Gasteiger partial charge in [0.15, 0.2) is 0 Å². The fourth-order valence-corrected chi connectivity index (χ4v) is 1.70. The normalized spacial score (nSPS) is 22.5. The minimum absolute atomic E-state index is 0.00375. The summed E-state index contributed by atoms with van der Waals surface area (Å²) < 4.78 is 6.10. The van der Waals surface area contributed by atoms with Crippen molar-refractivity contribution in [3.63, 3.8) is 0 Å². The Morgan fingerprint density at radius 2 is 1.33 bits per heavy atom. The second kappa shape index (κ2) is 2.47. The summed E-state index contributed by atoms with van der Waals surface area (Å²) in [5.41, 5.74) is 0.468. The minimum atomic E-state index is 0.00375. The van der Waals surface area contributed by atoms with Crippen LogP contribution in [0.15, 0.2) is 0 Å². The van der Waals surface area contributed by atoms with E-state index in [1.807, 2.05) is 0 Å². The first kappa shape index (κ1) is 10.0. The van der Waals surface area contributed by atoms with Crippen molar-refractivity contribution < 1.29 is 4.74 Å². The summed E-state index contributed by atoms with van der Waals surface area (Å²) in [6.45, 7) is 13.2. The molecule has 0 aromatic heterocycles. The second-order valence-corrected chi connectivity index (χ2v) is 5.96. The van der Waals surface area contributed by atoms with Gasteiger partial charge in [-0.05, 0) is 39.0 Å². The lowest BCUT2D eigenvalue weighted by Gasteiger charge is -2.36. The number of rotatable bonds is 1. The van der Waals surface area contributed by atoms with Crippen molar-refractivity contribution in [2.45, 2.75) is 65.6 Å². The quantitative estimate of drug-likeness (QED) is 0.586. The Morgan fingerprint density at radius 1 is 0.917 bits per heavy atom. The molecule has 0 spiro atoms. The molecule has 1 saturated carbocycles. The Morgan fingerprint density at radius 3 is 1.42 bits per heavy atom. The maximum absolute atomic E-state index is 6.10. The molecule has 1 aliphatic carbocycles. The molecule has 1 heteroatoms. The van der Waals surface area contributed by atoms with E-state index in [1.165, 1.54) is 12.8 Å². The van der Waals surface area contributed by atoms with Gasteiger partial charge in [0.1, 0.15) is 0 Å². The van der Waals surface area contributed by atoms with Gasteiger partial charge in [-0.3, -0.25) is 0 Å². The maximum Gasteiger partial charge on any atom is 0.0739 e. The van der Waals surface area contributed by atoms with Gasteiger partial charge < -0.3 is 4.74 Å². The monoisotopic (exact) mass is 170 g/mol. The molecule has 1 nitrogen and oxygen atoms in total. The van der Waals surface area contributed by atoms with E-state index in [0.717, 1.165) is 0 Å². The first-order valence-corrected chi connectivity index (χ1v) is 4.87. The Labute approximate surface area is 76.5 Å². The highest BCUT2D eigenvalue weighted by Gasteiger charge is 2.54. The second-order valence-electron chi connectivity index (χ2n) is 5.96. The highest BCUT2D eigenvalue weighted by Crippen LogP contribution is 2.54. The molecule has 12 heavy (non-hydrogen) atoms. The van der Waals surface area contributed by atoms with Crippen molar-refractivity contribution in [1.29, 1.82) is 0 Å². The molecule has 1 rings (SSSR count). The van der Waals surface area contributed by atoms with Gasteiger partial charge in [-0.25, -0.2) is 0 Å². The highest BCUT2D eigenvalue weighted by atomic mass is 16.5. The van der Waals surface area contributed by atoms with Gasteiger partial charge in [0, 0.05) is 0 Å². The summed E-state index contributed by atoms with van der Waals surface area (Å²) in [5, 5.41) is 0. The molecule has 0 bridgehead atoms. The van der Waals surface area contributed by atoms with Gasteiger partial charge in [-0.1, -0.05) is 20.8 Å². The summed E-state index contributed by atoms with van der Waals surface area (Å²) >= 11 is 0. The van der Waals surface area contributed by atoms with Gasteiger partial charge in [-0.2, -0.15) is 0 Å². The predicted molar refractivity (Wildman–Crippen MR) is 52.3 cm³/mol. The molecular formula is C11H22O. The summed E-state index contributed by atoms with van der Waals surface area (Å²) in [4.78, 5) is 0.